The number of benzene rings is 9. The third kappa shape index (κ3) is 4.62. The van der Waals surface area contributed by atoms with Gasteiger partial charge in [0.2, 0.25) is 0 Å². The summed E-state index contributed by atoms with van der Waals surface area (Å²) in [6, 6.07) is 69.4. The average molecular weight is 678 g/mol. The summed E-state index contributed by atoms with van der Waals surface area (Å²) in [5, 5.41) is 8.98. The Hall–Kier alpha value is -6.48. The standard InChI is InChI=1S/C50H31NS/c1-3-14-42-32(9-1)19-20-36-27-35(23-26-43(36)42)34-11-7-13-40(28-34)51(39-24-21-33(22-25-39)49-30-37-10-2-6-18-48(37)52-49)41-29-38-12-8-17-46-44-15-4-5-16-45(44)47(31-41)50(38)46/h1-31H. The van der Waals surface area contributed by atoms with Crippen LogP contribution in [-0.2, 0) is 0 Å². The van der Waals surface area contributed by atoms with Crippen LogP contribution in [-0.4, -0.2) is 0 Å². The lowest BCUT2D eigenvalue weighted by atomic mass is 9.97. The Kier molecular flexibility index (Phi) is 6.49. The minimum Gasteiger partial charge on any atom is -0.310 e. The molecule has 0 radical (unpaired) electrons. The van der Waals surface area contributed by atoms with Crippen molar-refractivity contribution in [3.63, 3.8) is 0 Å². The van der Waals surface area contributed by atoms with Crippen molar-refractivity contribution in [1.82, 2.24) is 0 Å². The highest BCUT2D eigenvalue weighted by Gasteiger charge is 2.24. The molecule has 0 saturated carbocycles. The number of hydrogen-bond donors (Lipinski definition) is 0. The summed E-state index contributed by atoms with van der Waals surface area (Å²) in [6.07, 6.45) is 0. The van der Waals surface area contributed by atoms with E-state index >= 15 is 0 Å². The van der Waals surface area contributed by atoms with E-state index in [2.05, 4.69) is 193 Å². The minimum atomic E-state index is 1.12. The molecule has 11 rings (SSSR count). The second-order valence-electron chi connectivity index (χ2n) is 13.7. The van der Waals surface area contributed by atoms with Gasteiger partial charge in [0.05, 0.1) is 0 Å². The van der Waals surface area contributed by atoms with Gasteiger partial charge < -0.3 is 4.90 Å². The van der Waals surface area contributed by atoms with Gasteiger partial charge in [-0.3, -0.25) is 0 Å². The monoisotopic (exact) mass is 677 g/mol. The molecule has 0 N–H and O–H groups in total. The van der Waals surface area contributed by atoms with Crippen LogP contribution in [0.3, 0.4) is 0 Å². The number of anilines is 3. The third-order valence-electron chi connectivity index (χ3n) is 10.7. The fraction of sp³-hybridized carbons (Fsp3) is 0. The molecule has 0 unspecified atom stereocenters. The van der Waals surface area contributed by atoms with E-state index in [0.717, 1.165) is 17.1 Å². The Morgan fingerprint density at radius 2 is 1.00 bits per heavy atom. The highest BCUT2D eigenvalue weighted by atomic mass is 32.1. The van der Waals surface area contributed by atoms with Gasteiger partial charge in [-0.2, -0.15) is 0 Å². The zero-order chi connectivity index (χ0) is 34.2. The van der Waals surface area contributed by atoms with Gasteiger partial charge in [0, 0.05) is 26.6 Å². The van der Waals surface area contributed by atoms with Crippen LogP contribution in [0.5, 0.6) is 0 Å². The van der Waals surface area contributed by atoms with Gasteiger partial charge in [-0.25, -0.2) is 0 Å². The minimum absolute atomic E-state index is 1.12. The zero-order valence-electron chi connectivity index (χ0n) is 28.3. The number of hydrogen-bond acceptors (Lipinski definition) is 2. The smallest absolute Gasteiger partial charge is 0.0474 e. The summed E-state index contributed by atoms with van der Waals surface area (Å²) < 4.78 is 1.32. The Labute approximate surface area is 306 Å². The van der Waals surface area contributed by atoms with E-state index in [1.54, 1.807) is 0 Å². The number of fused-ring (bicyclic) bond motifs is 7. The first-order chi connectivity index (χ1) is 25.7. The van der Waals surface area contributed by atoms with Crippen LogP contribution in [0, 0.1) is 0 Å². The largest absolute Gasteiger partial charge is 0.310 e. The van der Waals surface area contributed by atoms with E-state index in [1.165, 1.54) is 86.2 Å². The van der Waals surface area contributed by atoms with Crippen LogP contribution in [0.2, 0.25) is 0 Å². The van der Waals surface area contributed by atoms with E-state index < -0.39 is 0 Å². The summed E-state index contributed by atoms with van der Waals surface area (Å²) in [7, 11) is 0. The molecule has 242 valence electrons. The van der Waals surface area contributed by atoms with E-state index in [9.17, 15) is 0 Å². The molecule has 10 aromatic rings. The maximum absolute atomic E-state index is 2.43. The number of thiophene rings is 1. The van der Waals surface area contributed by atoms with Crippen molar-refractivity contribution in [1.29, 1.82) is 0 Å². The van der Waals surface area contributed by atoms with Gasteiger partial charge >= 0.3 is 0 Å². The lowest BCUT2D eigenvalue weighted by molar-refractivity contribution is 1.29. The van der Waals surface area contributed by atoms with Crippen molar-refractivity contribution in [2.45, 2.75) is 0 Å². The van der Waals surface area contributed by atoms with Crippen molar-refractivity contribution in [2.75, 3.05) is 4.90 Å². The molecule has 0 bridgehead atoms. The maximum atomic E-state index is 2.43. The predicted octanol–water partition coefficient (Wildman–Crippen LogP) is 14.8. The second-order valence-corrected chi connectivity index (χ2v) is 14.8. The van der Waals surface area contributed by atoms with E-state index in [4.69, 9.17) is 0 Å². The van der Waals surface area contributed by atoms with Gasteiger partial charge in [-0.15, -0.1) is 11.3 Å². The molecule has 0 aliphatic heterocycles. The van der Waals surface area contributed by atoms with E-state index in [0.29, 0.717) is 0 Å². The summed E-state index contributed by atoms with van der Waals surface area (Å²) in [5.41, 5.74) is 12.3. The van der Waals surface area contributed by atoms with E-state index in [1.807, 2.05) is 11.3 Å². The van der Waals surface area contributed by atoms with Crippen LogP contribution in [0.25, 0.3) is 86.2 Å². The van der Waals surface area contributed by atoms with E-state index in [-0.39, 0.29) is 0 Å². The Morgan fingerprint density at radius 3 is 1.88 bits per heavy atom. The Balaban J connectivity index is 1.07. The van der Waals surface area contributed by atoms with Gasteiger partial charge in [0.15, 0.2) is 0 Å². The van der Waals surface area contributed by atoms with Crippen LogP contribution in [0.15, 0.2) is 188 Å². The van der Waals surface area contributed by atoms with Crippen LogP contribution in [0.1, 0.15) is 0 Å². The van der Waals surface area contributed by atoms with Crippen LogP contribution >= 0.6 is 11.3 Å². The molecular formula is C50H31NS. The van der Waals surface area contributed by atoms with Gasteiger partial charge in [0.25, 0.3) is 0 Å². The fourth-order valence-corrected chi connectivity index (χ4v) is 9.36. The number of rotatable bonds is 5. The Morgan fingerprint density at radius 1 is 0.327 bits per heavy atom. The van der Waals surface area contributed by atoms with Gasteiger partial charge in [-0.05, 0) is 131 Å². The molecule has 0 fully saturated rings. The first kappa shape index (κ1) is 29.3. The first-order valence-electron chi connectivity index (χ1n) is 17.8. The molecule has 52 heavy (non-hydrogen) atoms. The highest BCUT2D eigenvalue weighted by molar-refractivity contribution is 7.22. The molecule has 1 aromatic heterocycles. The molecule has 0 saturated heterocycles. The van der Waals surface area contributed by atoms with Crippen molar-refractivity contribution in [3.8, 4) is 43.8 Å². The van der Waals surface area contributed by atoms with Crippen molar-refractivity contribution >= 4 is 70.8 Å². The molecular weight excluding hydrogens is 647 g/mol. The summed E-state index contributed by atoms with van der Waals surface area (Å²) in [5.74, 6) is 0. The van der Waals surface area contributed by atoms with Crippen LogP contribution in [0.4, 0.5) is 17.1 Å². The van der Waals surface area contributed by atoms with Crippen LogP contribution < -0.4 is 4.90 Å². The molecule has 1 aliphatic rings. The molecule has 0 amide bonds. The quantitative estimate of drug-likeness (QED) is 0.164. The zero-order valence-corrected chi connectivity index (χ0v) is 29.1. The summed E-state index contributed by atoms with van der Waals surface area (Å²) in [6.45, 7) is 0. The molecule has 1 nitrogen and oxygen atoms in total. The molecule has 9 aromatic carbocycles. The fourth-order valence-electron chi connectivity index (χ4n) is 8.29. The topological polar surface area (TPSA) is 3.24 Å². The second kappa shape index (κ2) is 11.5. The highest BCUT2D eigenvalue weighted by Crippen LogP contribution is 2.50. The predicted molar refractivity (Wildman–Crippen MR) is 224 cm³/mol. The van der Waals surface area contributed by atoms with Crippen molar-refractivity contribution < 1.29 is 0 Å². The Bertz CT molecular complexity index is 2990. The third-order valence-corrected chi connectivity index (χ3v) is 11.9. The SMILES string of the molecule is c1cc(-c2ccc3c(ccc4ccccc43)c2)cc(N(c2ccc(-c3cc4ccccc4s3)cc2)c2cc3c4c(cccc4c2)-c2ccccc2-3)c1. The molecule has 2 heteroatoms. The van der Waals surface area contributed by atoms with Crippen molar-refractivity contribution in [2.24, 2.45) is 0 Å². The molecule has 0 atom stereocenters. The lowest BCUT2D eigenvalue weighted by Crippen LogP contribution is -2.10. The summed E-state index contributed by atoms with van der Waals surface area (Å²) >= 11 is 1.85. The molecule has 1 heterocycles. The normalized spacial score (nSPS) is 11.8. The molecule has 0 spiro atoms. The average Bonchev–Trinajstić information content (AvgIpc) is 3.79. The lowest BCUT2D eigenvalue weighted by Gasteiger charge is -2.27. The maximum Gasteiger partial charge on any atom is 0.0474 e. The molecule has 1 aliphatic carbocycles. The van der Waals surface area contributed by atoms with Gasteiger partial charge in [-0.1, -0.05) is 133 Å². The number of nitrogens with zero attached hydrogens (tertiary/aromatic N) is 1. The van der Waals surface area contributed by atoms with Gasteiger partial charge in [0.1, 0.15) is 0 Å². The summed E-state index contributed by atoms with van der Waals surface area (Å²) in [4.78, 5) is 3.71. The van der Waals surface area contributed by atoms with Crippen molar-refractivity contribution in [3.05, 3.63) is 188 Å². The first-order valence-corrected chi connectivity index (χ1v) is 18.6.